The van der Waals surface area contributed by atoms with E-state index in [0.717, 1.165) is 84.0 Å². The van der Waals surface area contributed by atoms with Crippen LogP contribution in [-0.2, 0) is 6.54 Å². The third kappa shape index (κ3) is 4.74. The SMILES string of the molecule is CCCNc1nc2ccccc2nc1N1CCN(Cc2cc(Cl)ccc2Cl)CC1. The average Bonchev–Trinajstić information content (AvgIpc) is 2.75. The molecule has 0 amide bonds. The minimum Gasteiger partial charge on any atom is -0.367 e. The summed E-state index contributed by atoms with van der Waals surface area (Å²) in [5.41, 5.74) is 2.92. The number of hydrogen-bond acceptors (Lipinski definition) is 5. The Hall–Kier alpha value is -2.08. The number of para-hydroxylation sites is 2. The molecule has 2 heterocycles. The molecule has 0 unspecified atom stereocenters. The molecule has 0 spiro atoms. The van der Waals surface area contributed by atoms with Crippen LogP contribution in [-0.4, -0.2) is 47.6 Å². The van der Waals surface area contributed by atoms with Crippen LogP contribution >= 0.6 is 23.2 Å². The molecule has 1 saturated heterocycles. The number of rotatable bonds is 6. The van der Waals surface area contributed by atoms with Crippen LogP contribution in [0.4, 0.5) is 11.6 Å². The molecule has 0 radical (unpaired) electrons. The van der Waals surface area contributed by atoms with Gasteiger partial charge < -0.3 is 10.2 Å². The van der Waals surface area contributed by atoms with Gasteiger partial charge in [0.05, 0.1) is 11.0 Å². The Morgan fingerprint density at radius 3 is 2.41 bits per heavy atom. The van der Waals surface area contributed by atoms with Crippen molar-refractivity contribution in [3.63, 3.8) is 0 Å². The second-order valence-electron chi connectivity index (χ2n) is 7.31. The van der Waals surface area contributed by atoms with Crippen molar-refractivity contribution in [2.45, 2.75) is 19.9 Å². The number of anilines is 2. The minimum atomic E-state index is 0.723. The van der Waals surface area contributed by atoms with E-state index in [4.69, 9.17) is 33.2 Å². The number of benzene rings is 2. The first kappa shape index (κ1) is 20.2. The molecule has 1 aliphatic rings. The predicted molar refractivity (Wildman–Crippen MR) is 122 cm³/mol. The highest BCUT2D eigenvalue weighted by Gasteiger charge is 2.22. The fourth-order valence-electron chi connectivity index (χ4n) is 3.60. The Bertz CT molecular complexity index is 986. The van der Waals surface area contributed by atoms with Crippen LogP contribution < -0.4 is 10.2 Å². The number of aromatic nitrogens is 2. The molecule has 2 aromatic carbocycles. The van der Waals surface area contributed by atoms with Gasteiger partial charge in [0.2, 0.25) is 0 Å². The van der Waals surface area contributed by atoms with Gasteiger partial charge in [0.15, 0.2) is 11.6 Å². The highest BCUT2D eigenvalue weighted by molar-refractivity contribution is 6.33. The van der Waals surface area contributed by atoms with Gasteiger partial charge in [0, 0.05) is 49.3 Å². The quantitative estimate of drug-likeness (QED) is 0.591. The van der Waals surface area contributed by atoms with Gasteiger partial charge in [-0.15, -0.1) is 0 Å². The summed E-state index contributed by atoms with van der Waals surface area (Å²) in [6, 6.07) is 13.7. The summed E-state index contributed by atoms with van der Waals surface area (Å²) in [4.78, 5) is 14.5. The van der Waals surface area contributed by atoms with Crippen LogP contribution in [0.25, 0.3) is 11.0 Å². The monoisotopic (exact) mass is 429 g/mol. The lowest BCUT2D eigenvalue weighted by Gasteiger charge is -2.36. The fraction of sp³-hybridized carbons (Fsp3) is 0.364. The molecule has 1 aromatic heterocycles. The van der Waals surface area contributed by atoms with E-state index in [1.807, 2.05) is 42.5 Å². The summed E-state index contributed by atoms with van der Waals surface area (Å²) in [6.07, 6.45) is 1.04. The summed E-state index contributed by atoms with van der Waals surface area (Å²) in [5.74, 6) is 1.81. The van der Waals surface area contributed by atoms with E-state index in [1.165, 1.54) is 0 Å². The number of hydrogen-bond donors (Lipinski definition) is 1. The van der Waals surface area contributed by atoms with Crippen molar-refractivity contribution in [2.75, 3.05) is 42.9 Å². The first-order valence-corrected chi connectivity index (χ1v) is 10.8. The van der Waals surface area contributed by atoms with E-state index in [-0.39, 0.29) is 0 Å². The molecule has 0 atom stereocenters. The van der Waals surface area contributed by atoms with Gasteiger partial charge in [-0.1, -0.05) is 42.3 Å². The summed E-state index contributed by atoms with van der Waals surface area (Å²) in [7, 11) is 0. The van der Waals surface area contributed by atoms with E-state index >= 15 is 0 Å². The molecule has 1 N–H and O–H groups in total. The van der Waals surface area contributed by atoms with Gasteiger partial charge in [0.1, 0.15) is 0 Å². The van der Waals surface area contributed by atoms with Crippen molar-refractivity contribution in [3.8, 4) is 0 Å². The molecule has 0 aliphatic carbocycles. The van der Waals surface area contributed by atoms with Gasteiger partial charge in [-0.05, 0) is 42.3 Å². The van der Waals surface area contributed by atoms with Crippen molar-refractivity contribution in [3.05, 3.63) is 58.1 Å². The normalized spacial score (nSPS) is 15.1. The lowest BCUT2D eigenvalue weighted by Crippen LogP contribution is -2.46. The van der Waals surface area contributed by atoms with Crippen LogP contribution in [0.3, 0.4) is 0 Å². The van der Waals surface area contributed by atoms with Crippen molar-refractivity contribution in [1.29, 1.82) is 0 Å². The average molecular weight is 430 g/mol. The van der Waals surface area contributed by atoms with Crippen LogP contribution in [0.2, 0.25) is 10.0 Å². The third-order valence-corrected chi connectivity index (χ3v) is 5.77. The van der Waals surface area contributed by atoms with Crippen molar-refractivity contribution in [2.24, 2.45) is 0 Å². The fourth-order valence-corrected chi connectivity index (χ4v) is 3.97. The standard InChI is InChI=1S/C22H25Cl2N5/c1-2-9-25-21-22(27-20-6-4-3-5-19(20)26-21)29-12-10-28(11-13-29)15-16-14-17(23)7-8-18(16)24/h3-8,14H,2,9-13,15H2,1H3,(H,25,26). The van der Waals surface area contributed by atoms with E-state index in [2.05, 4.69) is 22.0 Å². The molecular formula is C22H25Cl2N5. The van der Waals surface area contributed by atoms with Crippen molar-refractivity contribution in [1.82, 2.24) is 14.9 Å². The van der Waals surface area contributed by atoms with Crippen LogP contribution in [0.1, 0.15) is 18.9 Å². The Morgan fingerprint density at radius 2 is 1.69 bits per heavy atom. The zero-order valence-corrected chi connectivity index (χ0v) is 18.0. The minimum absolute atomic E-state index is 0.723. The molecule has 5 nitrogen and oxygen atoms in total. The molecule has 0 saturated carbocycles. The second-order valence-corrected chi connectivity index (χ2v) is 8.15. The van der Waals surface area contributed by atoms with Gasteiger partial charge in [-0.2, -0.15) is 0 Å². The van der Waals surface area contributed by atoms with E-state index in [1.54, 1.807) is 0 Å². The molecule has 0 bridgehead atoms. The molecular weight excluding hydrogens is 405 g/mol. The summed E-state index contributed by atoms with van der Waals surface area (Å²) >= 11 is 12.5. The zero-order valence-electron chi connectivity index (χ0n) is 16.5. The number of piperazine rings is 1. The number of fused-ring (bicyclic) bond motifs is 1. The van der Waals surface area contributed by atoms with Crippen molar-refractivity contribution < 1.29 is 0 Å². The van der Waals surface area contributed by atoms with Gasteiger partial charge in [0.25, 0.3) is 0 Å². The predicted octanol–water partition coefficient (Wildman–Crippen LogP) is 5.08. The lowest BCUT2D eigenvalue weighted by molar-refractivity contribution is 0.249. The second kappa shape index (κ2) is 9.16. The highest BCUT2D eigenvalue weighted by Crippen LogP contribution is 2.27. The molecule has 1 aliphatic heterocycles. The Labute approximate surface area is 181 Å². The third-order valence-electron chi connectivity index (χ3n) is 5.17. The topological polar surface area (TPSA) is 44.3 Å². The maximum Gasteiger partial charge on any atom is 0.172 e. The molecule has 7 heteroatoms. The molecule has 29 heavy (non-hydrogen) atoms. The smallest absolute Gasteiger partial charge is 0.172 e. The Morgan fingerprint density at radius 1 is 0.966 bits per heavy atom. The van der Waals surface area contributed by atoms with Crippen LogP contribution in [0, 0.1) is 0 Å². The highest BCUT2D eigenvalue weighted by atomic mass is 35.5. The largest absolute Gasteiger partial charge is 0.367 e. The number of halogens is 2. The maximum absolute atomic E-state index is 6.34. The molecule has 1 fully saturated rings. The van der Waals surface area contributed by atoms with Crippen LogP contribution in [0.15, 0.2) is 42.5 Å². The summed E-state index contributed by atoms with van der Waals surface area (Å²) in [6.45, 7) is 7.50. The van der Waals surface area contributed by atoms with Gasteiger partial charge in [-0.3, -0.25) is 4.90 Å². The maximum atomic E-state index is 6.34. The van der Waals surface area contributed by atoms with Gasteiger partial charge >= 0.3 is 0 Å². The molecule has 4 rings (SSSR count). The van der Waals surface area contributed by atoms with E-state index in [9.17, 15) is 0 Å². The molecule has 3 aromatic rings. The Kier molecular flexibility index (Phi) is 6.38. The summed E-state index contributed by atoms with van der Waals surface area (Å²) < 4.78 is 0. The van der Waals surface area contributed by atoms with Gasteiger partial charge in [-0.25, -0.2) is 9.97 Å². The van der Waals surface area contributed by atoms with E-state index < -0.39 is 0 Å². The Balaban J connectivity index is 1.50. The molecule has 152 valence electrons. The first-order valence-electron chi connectivity index (χ1n) is 10.1. The van der Waals surface area contributed by atoms with Crippen molar-refractivity contribution >= 4 is 45.9 Å². The zero-order chi connectivity index (χ0) is 20.2. The number of nitrogens with zero attached hydrogens (tertiary/aromatic N) is 4. The van der Waals surface area contributed by atoms with Crippen LogP contribution in [0.5, 0.6) is 0 Å². The first-order chi connectivity index (χ1) is 14.1. The lowest BCUT2D eigenvalue weighted by atomic mass is 10.2. The number of nitrogens with one attached hydrogen (secondary N) is 1. The summed E-state index contributed by atoms with van der Waals surface area (Å²) in [5, 5.41) is 4.95. The van der Waals surface area contributed by atoms with E-state index in [0.29, 0.717) is 0 Å².